The van der Waals surface area contributed by atoms with Crippen LogP contribution in [0.25, 0.3) is 0 Å². The fourth-order valence-corrected chi connectivity index (χ4v) is 4.73. The van der Waals surface area contributed by atoms with Gasteiger partial charge in [-0.15, -0.1) is 0 Å². The zero-order chi connectivity index (χ0) is 18.8. The second-order valence-corrected chi connectivity index (χ2v) is 7.70. The van der Waals surface area contributed by atoms with Crippen molar-refractivity contribution in [2.45, 2.75) is 36.8 Å². The molecular formula is C16H21NO7S. The van der Waals surface area contributed by atoms with Gasteiger partial charge in [0.25, 0.3) is 0 Å². The van der Waals surface area contributed by atoms with Crippen LogP contribution in [-0.4, -0.2) is 62.7 Å². The van der Waals surface area contributed by atoms with E-state index in [1.54, 1.807) is 6.92 Å². The lowest BCUT2D eigenvalue weighted by Crippen LogP contribution is -2.46. The zero-order valence-corrected chi connectivity index (χ0v) is 15.1. The first-order valence-corrected chi connectivity index (χ1v) is 9.17. The van der Waals surface area contributed by atoms with E-state index in [0.717, 1.165) is 13.2 Å². The molecule has 1 saturated heterocycles. The van der Waals surface area contributed by atoms with E-state index < -0.39 is 34.1 Å². The number of carbonyl (C=O) groups excluding carboxylic acids is 2. The Bertz CT molecular complexity index is 775. The lowest BCUT2D eigenvalue weighted by atomic mass is 10.0. The van der Waals surface area contributed by atoms with Gasteiger partial charge in [0.1, 0.15) is 0 Å². The maximum atomic E-state index is 13.1. The fourth-order valence-electron chi connectivity index (χ4n) is 2.87. The molecular weight excluding hydrogens is 350 g/mol. The molecule has 25 heavy (non-hydrogen) atoms. The highest BCUT2D eigenvalue weighted by molar-refractivity contribution is 7.89. The minimum absolute atomic E-state index is 0.0124. The number of piperidine rings is 1. The molecule has 8 nitrogen and oxygen atoms in total. The largest absolute Gasteiger partial charge is 0.465 e. The number of hydrogen-bond acceptors (Lipinski definition) is 7. The van der Waals surface area contributed by atoms with Gasteiger partial charge < -0.3 is 14.6 Å². The maximum Gasteiger partial charge on any atom is 0.339 e. The van der Waals surface area contributed by atoms with Crippen LogP contribution in [0.15, 0.2) is 23.1 Å². The predicted octanol–water partition coefficient (Wildman–Crippen LogP) is 0.794. The molecule has 138 valence electrons. The molecule has 1 N–H and O–H groups in total. The topological polar surface area (TPSA) is 110 Å². The van der Waals surface area contributed by atoms with Gasteiger partial charge >= 0.3 is 11.9 Å². The van der Waals surface area contributed by atoms with E-state index in [9.17, 15) is 23.1 Å². The van der Waals surface area contributed by atoms with Gasteiger partial charge in [0.2, 0.25) is 10.0 Å². The molecule has 0 saturated carbocycles. The molecule has 1 aliphatic heterocycles. The van der Waals surface area contributed by atoms with Crippen LogP contribution in [0, 0.1) is 0 Å². The third-order valence-corrected chi connectivity index (χ3v) is 6.24. The van der Waals surface area contributed by atoms with Crippen LogP contribution in [0.3, 0.4) is 0 Å². The van der Waals surface area contributed by atoms with Crippen LogP contribution in [0.1, 0.15) is 40.5 Å². The van der Waals surface area contributed by atoms with Crippen molar-refractivity contribution in [1.29, 1.82) is 0 Å². The smallest absolute Gasteiger partial charge is 0.339 e. The first-order valence-electron chi connectivity index (χ1n) is 7.73. The average Bonchev–Trinajstić information content (AvgIpc) is 2.59. The number of esters is 2. The molecule has 0 aromatic heterocycles. The number of benzene rings is 1. The first-order chi connectivity index (χ1) is 11.7. The summed E-state index contributed by atoms with van der Waals surface area (Å²) in [5, 5.41) is 9.71. The van der Waals surface area contributed by atoms with Crippen molar-refractivity contribution < 1.29 is 32.6 Å². The summed E-state index contributed by atoms with van der Waals surface area (Å²) < 4.78 is 36.7. The number of rotatable bonds is 4. The third-order valence-electron chi connectivity index (χ3n) is 4.18. The molecule has 1 heterocycles. The number of aliphatic hydroxyl groups excluding tert-OH is 1. The van der Waals surface area contributed by atoms with Crippen LogP contribution in [0.5, 0.6) is 0 Å². The van der Waals surface area contributed by atoms with E-state index in [0.29, 0.717) is 12.8 Å². The Labute approximate surface area is 146 Å². The monoisotopic (exact) mass is 371 g/mol. The molecule has 9 heteroatoms. The Balaban J connectivity index is 2.57. The second-order valence-electron chi connectivity index (χ2n) is 5.84. The molecule has 1 aliphatic rings. The van der Waals surface area contributed by atoms with E-state index in [-0.39, 0.29) is 22.6 Å². The van der Waals surface area contributed by atoms with Crippen molar-refractivity contribution >= 4 is 22.0 Å². The van der Waals surface area contributed by atoms with E-state index in [1.165, 1.54) is 23.5 Å². The Hall–Kier alpha value is -1.97. The first kappa shape index (κ1) is 19.4. The molecule has 1 aromatic rings. The summed E-state index contributed by atoms with van der Waals surface area (Å²) in [7, 11) is -1.75. The van der Waals surface area contributed by atoms with Crippen molar-refractivity contribution in [3.05, 3.63) is 29.3 Å². The number of aliphatic hydroxyl groups is 1. The average molecular weight is 371 g/mol. The summed E-state index contributed by atoms with van der Waals surface area (Å²) in [6, 6.07) is 3.21. The molecule has 0 unspecified atom stereocenters. The third kappa shape index (κ3) is 3.83. The van der Waals surface area contributed by atoms with Crippen LogP contribution in [0.4, 0.5) is 0 Å². The van der Waals surface area contributed by atoms with E-state index in [2.05, 4.69) is 9.47 Å². The summed E-state index contributed by atoms with van der Waals surface area (Å²) in [6.45, 7) is 1.80. The highest BCUT2D eigenvalue weighted by Gasteiger charge is 2.36. The van der Waals surface area contributed by atoms with Gasteiger partial charge in [-0.25, -0.2) is 18.0 Å². The molecule has 0 spiro atoms. The SMILES string of the molecule is COC(=O)c1ccc(C(=O)OC)c(S(=O)(=O)N2CC[C@H](O)C[C@@H]2C)c1. The van der Waals surface area contributed by atoms with Gasteiger partial charge in [-0.05, 0) is 38.0 Å². The Morgan fingerprint density at radius 2 is 1.84 bits per heavy atom. The van der Waals surface area contributed by atoms with Crippen LogP contribution in [-0.2, 0) is 19.5 Å². The number of sulfonamides is 1. The van der Waals surface area contributed by atoms with Crippen molar-refractivity contribution in [2.24, 2.45) is 0 Å². The lowest BCUT2D eigenvalue weighted by Gasteiger charge is -2.35. The molecule has 0 aliphatic carbocycles. The minimum atomic E-state index is -4.07. The van der Waals surface area contributed by atoms with Gasteiger partial charge in [0, 0.05) is 12.6 Å². The lowest BCUT2D eigenvalue weighted by molar-refractivity contribution is 0.0582. The number of carbonyl (C=O) groups is 2. The summed E-state index contributed by atoms with van der Waals surface area (Å²) in [6.07, 6.45) is 0.0278. The van der Waals surface area contributed by atoms with Crippen molar-refractivity contribution in [1.82, 2.24) is 4.31 Å². The molecule has 1 fully saturated rings. The van der Waals surface area contributed by atoms with E-state index in [4.69, 9.17) is 0 Å². The number of methoxy groups -OCH3 is 2. The maximum absolute atomic E-state index is 13.1. The van der Waals surface area contributed by atoms with Gasteiger partial charge in [0.15, 0.2) is 0 Å². The van der Waals surface area contributed by atoms with Crippen molar-refractivity contribution in [3.63, 3.8) is 0 Å². The molecule has 1 aromatic carbocycles. The number of nitrogens with zero attached hydrogens (tertiary/aromatic N) is 1. The van der Waals surface area contributed by atoms with Crippen molar-refractivity contribution in [3.8, 4) is 0 Å². The van der Waals surface area contributed by atoms with Gasteiger partial charge in [-0.3, -0.25) is 0 Å². The van der Waals surface area contributed by atoms with Crippen molar-refractivity contribution in [2.75, 3.05) is 20.8 Å². The summed E-state index contributed by atoms with van der Waals surface area (Å²) >= 11 is 0. The zero-order valence-electron chi connectivity index (χ0n) is 14.3. The highest BCUT2D eigenvalue weighted by atomic mass is 32.2. The summed E-state index contributed by atoms with van der Waals surface area (Å²) in [5.41, 5.74) is -0.146. The normalized spacial score (nSPS) is 21.6. The Morgan fingerprint density at radius 1 is 1.20 bits per heavy atom. The van der Waals surface area contributed by atoms with Gasteiger partial charge in [0.05, 0.1) is 36.3 Å². The van der Waals surface area contributed by atoms with E-state index >= 15 is 0 Å². The summed E-state index contributed by atoms with van der Waals surface area (Å²) in [4.78, 5) is 23.4. The van der Waals surface area contributed by atoms with Gasteiger partial charge in [-0.1, -0.05) is 0 Å². The second kappa shape index (κ2) is 7.51. The minimum Gasteiger partial charge on any atom is -0.465 e. The van der Waals surface area contributed by atoms with Crippen LogP contribution < -0.4 is 0 Å². The molecule has 0 bridgehead atoms. The highest BCUT2D eigenvalue weighted by Crippen LogP contribution is 2.28. The van der Waals surface area contributed by atoms with E-state index in [1.807, 2.05) is 0 Å². The van der Waals surface area contributed by atoms with Gasteiger partial charge in [-0.2, -0.15) is 4.31 Å². The fraction of sp³-hybridized carbons (Fsp3) is 0.500. The predicted molar refractivity (Wildman–Crippen MR) is 87.7 cm³/mol. The van der Waals surface area contributed by atoms with Crippen LogP contribution in [0.2, 0.25) is 0 Å². The number of hydrogen-bond donors (Lipinski definition) is 1. The number of ether oxygens (including phenoxy) is 2. The molecule has 2 rings (SSSR count). The Morgan fingerprint density at radius 3 is 2.40 bits per heavy atom. The molecule has 2 atom stereocenters. The summed E-state index contributed by atoms with van der Waals surface area (Å²) in [5.74, 6) is -1.53. The molecule has 0 radical (unpaired) electrons. The molecule has 0 amide bonds. The quantitative estimate of drug-likeness (QED) is 0.779. The van der Waals surface area contributed by atoms with Crippen LogP contribution >= 0.6 is 0 Å². The Kier molecular flexibility index (Phi) is 5.81. The standard InChI is InChI=1S/C16H21NO7S/c1-10-8-12(18)6-7-17(10)25(21,22)14-9-11(15(19)23-2)4-5-13(14)16(20)24-3/h4-5,9-10,12,18H,6-8H2,1-3H3/t10-,12-/m0/s1.